The highest BCUT2D eigenvalue weighted by molar-refractivity contribution is 6.31. The largest absolute Gasteiger partial charge is 0.358 e. The number of Topliss-reactive ketones (excluding diaryl/α,β-unsaturated/α-hetero) is 1. The zero-order chi connectivity index (χ0) is 16.9. The van der Waals surface area contributed by atoms with Crippen LogP contribution < -0.4 is 0 Å². The van der Waals surface area contributed by atoms with E-state index in [1.807, 2.05) is 24.3 Å². The molecule has 1 fully saturated rings. The number of carbonyl (C=O) groups is 1. The number of nitrogens with zero attached hydrogens (tertiary/aromatic N) is 1. The molecule has 4 rings (SSSR count). The second kappa shape index (κ2) is 5.45. The van der Waals surface area contributed by atoms with Gasteiger partial charge in [-0.3, -0.25) is 4.79 Å². The van der Waals surface area contributed by atoms with Crippen molar-refractivity contribution in [3.05, 3.63) is 64.1 Å². The Hall–Kier alpha value is -2.13. The third-order valence-electron chi connectivity index (χ3n) is 5.00. The molecule has 122 valence electrons. The van der Waals surface area contributed by atoms with Gasteiger partial charge in [-0.15, -0.1) is 0 Å². The van der Waals surface area contributed by atoms with Crippen molar-refractivity contribution in [3.8, 4) is 0 Å². The molecule has 0 atom stereocenters. The zero-order valence-electron chi connectivity index (χ0n) is 13.8. The first-order valence-electron chi connectivity index (χ1n) is 8.24. The lowest BCUT2D eigenvalue weighted by Gasteiger charge is -2.11. The Bertz CT molecular complexity index is 953. The Morgan fingerprint density at radius 2 is 2.08 bits per heavy atom. The Kier molecular flexibility index (Phi) is 3.50. The average molecular weight is 339 g/mol. The Morgan fingerprint density at radius 3 is 2.79 bits per heavy atom. The van der Waals surface area contributed by atoms with Crippen molar-refractivity contribution in [2.45, 2.75) is 38.5 Å². The van der Waals surface area contributed by atoms with Gasteiger partial charge in [-0.25, -0.2) is 4.98 Å². The fourth-order valence-electron chi connectivity index (χ4n) is 3.32. The van der Waals surface area contributed by atoms with E-state index < -0.39 is 0 Å². The van der Waals surface area contributed by atoms with Crippen LogP contribution >= 0.6 is 11.6 Å². The number of aromatic amines is 1. The molecule has 24 heavy (non-hydrogen) atoms. The van der Waals surface area contributed by atoms with Crippen LogP contribution in [0.1, 0.15) is 54.1 Å². The molecule has 0 aliphatic heterocycles. The summed E-state index contributed by atoms with van der Waals surface area (Å²) in [5, 5.41) is 1.93. The number of hydrogen-bond donors (Lipinski definition) is 1. The molecule has 0 unspecified atom stereocenters. The molecular formula is C20H19ClN2O. The molecule has 4 heteroatoms. The molecular weight excluding hydrogens is 320 g/mol. The van der Waals surface area contributed by atoms with Crippen molar-refractivity contribution in [1.29, 1.82) is 0 Å². The van der Waals surface area contributed by atoms with E-state index in [0.29, 0.717) is 12.1 Å². The van der Waals surface area contributed by atoms with Gasteiger partial charge >= 0.3 is 0 Å². The predicted octanol–water partition coefficient (Wildman–Crippen LogP) is 5.06. The van der Waals surface area contributed by atoms with Crippen molar-refractivity contribution < 1.29 is 4.79 Å². The Balaban J connectivity index is 1.83. The number of aromatic nitrogens is 2. The highest BCUT2D eigenvalue weighted by atomic mass is 35.5. The maximum atomic E-state index is 11.6. The molecule has 0 bridgehead atoms. The van der Waals surface area contributed by atoms with Gasteiger partial charge in [0, 0.05) is 46.1 Å². The molecule has 0 amide bonds. The molecule has 3 nitrogen and oxygen atoms in total. The second-order valence-corrected chi connectivity index (χ2v) is 7.41. The number of hydrogen-bond acceptors (Lipinski definition) is 2. The molecule has 0 spiro atoms. The van der Waals surface area contributed by atoms with Crippen LogP contribution in [0.15, 0.2) is 36.4 Å². The summed E-state index contributed by atoms with van der Waals surface area (Å²) in [7, 11) is 0. The Morgan fingerprint density at radius 1 is 1.29 bits per heavy atom. The maximum Gasteiger partial charge on any atom is 0.178 e. The number of rotatable bonds is 4. The van der Waals surface area contributed by atoms with E-state index in [1.54, 1.807) is 13.0 Å². The van der Waals surface area contributed by atoms with Crippen LogP contribution in [0.5, 0.6) is 0 Å². The van der Waals surface area contributed by atoms with Crippen molar-refractivity contribution in [3.63, 3.8) is 0 Å². The number of carbonyl (C=O) groups excluding carboxylic acids is 1. The van der Waals surface area contributed by atoms with E-state index in [2.05, 4.69) is 23.0 Å². The standard InChI is InChI=1S/C20H19ClN2O/c1-12(24)17-5-3-4-14(22-17)11-16-15-7-6-13(21)10-18(15)23-19(16)20(2)8-9-20/h3-7,10,23H,8-9,11H2,1-2H3. The van der Waals surface area contributed by atoms with Crippen molar-refractivity contribution >= 4 is 28.3 Å². The third-order valence-corrected chi connectivity index (χ3v) is 5.23. The van der Waals surface area contributed by atoms with Crippen LogP contribution in [0.2, 0.25) is 5.02 Å². The van der Waals surface area contributed by atoms with Gasteiger partial charge in [0.2, 0.25) is 0 Å². The molecule has 1 saturated carbocycles. The fraction of sp³-hybridized carbons (Fsp3) is 0.300. The molecule has 1 aliphatic rings. The van der Waals surface area contributed by atoms with Gasteiger partial charge in [0.05, 0.1) is 0 Å². The lowest BCUT2D eigenvalue weighted by atomic mass is 9.96. The van der Waals surface area contributed by atoms with Crippen LogP contribution in [0.4, 0.5) is 0 Å². The third kappa shape index (κ3) is 2.63. The van der Waals surface area contributed by atoms with Gasteiger partial charge in [-0.2, -0.15) is 0 Å². The van der Waals surface area contributed by atoms with E-state index in [4.69, 9.17) is 11.6 Å². The van der Waals surface area contributed by atoms with Crippen LogP contribution in [0, 0.1) is 0 Å². The number of ketones is 1. The smallest absolute Gasteiger partial charge is 0.178 e. The topological polar surface area (TPSA) is 45.8 Å². The lowest BCUT2D eigenvalue weighted by Crippen LogP contribution is -2.06. The summed E-state index contributed by atoms with van der Waals surface area (Å²) < 4.78 is 0. The van der Waals surface area contributed by atoms with Crippen LogP contribution in [0.3, 0.4) is 0 Å². The van der Waals surface area contributed by atoms with Crippen molar-refractivity contribution in [2.75, 3.05) is 0 Å². The van der Waals surface area contributed by atoms with Crippen LogP contribution in [-0.2, 0) is 11.8 Å². The summed E-state index contributed by atoms with van der Waals surface area (Å²) in [6, 6.07) is 11.6. The van der Waals surface area contributed by atoms with E-state index in [0.717, 1.165) is 16.2 Å². The molecule has 0 saturated heterocycles. The average Bonchev–Trinajstić information content (AvgIpc) is 3.20. The minimum absolute atomic E-state index is 0.00284. The van der Waals surface area contributed by atoms with E-state index in [9.17, 15) is 4.79 Å². The summed E-state index contributed by atoms with van der Waals surface area (Å²) in [5.41, 5.74) is 5.30. The summed E-state index contributed by atoms with van der Waals surface area (Å²) in [6.45, 7) is 3.85. The number of nitrogens with one attached hydrogen (secondary N) is 1. The zero-order valence-corrected chi connectivity index (χ0v) is 14.6. The highest BCUT2D eigenvalue weighted by Crippen LogP contribution is 2.50. The predicted molar refractivity (Wildman–Crippen MR) is 96.9 cm³/mol. The normalized spacial score (nSPS) is 15.6. The van der Waals surface area contributed by atoms with Gasteiger partial charge < -0.3 is 4.98 Å². The van der Waals surface area contributed by atoms with Crippen LogP contribution in [0.25, 0.3) is 10.9 Å². The quantitative estimate of drug-likeness (QED) is 0.676. The van der Waals surface area contributed by atoms with Gasteiger partial charge in [-0.1, -0.05) is 30.7 Å². The van der Waals surface area contributed by atoms with E-state index >= 15 is 0 Å². The molecule has 1 N–H and O–H groups in total. The minimum atomic E-state index is -0.00284. The summed E-state index contributed by atoms with van der Waals surface area (Å²) in [5.74, 6) is -0.00284. The number of halogens is 1. The van der Waals surface area contributed by atoms with Gasteiger partial charge in [-0.05, 0) is 42.7 Å². The summed E-state index contributed by atoms with van der Waals surface area (Å²) in [4.78, 5) is 19.7. The highest BCUT2D eigenvalue weighted by Gasteiger charge is 2.42. The second-order valence-electron chi connectivity index (χ2n) is 6.98. The van der Waals surface area contributed by atoms with E-state index in [1.165, 1.54) is 29.5 Å². The van der Waals surface area contributed by atoms with Gasteiger partial charge in [0.1, 0.15) is 5.69 Å². The molecule has 1 aliphatic carbocycles. The lowest BCUT2D eigenvalue weighted by molar-refractivity contribution is 0.101. The first kappa shape index (κ1) is 15.4. The molecule has 2 heterocycles. The Labute approximate surface area is 146 Å². The number of fused-ring (bicyclic) bond motifs is 1. The fourth-order valence-corrected chi connectivity index (χ4v) is 3.49. The van der Waals surface area contributed by atoms with Crippen LogP contribution in [-0.4, -0.2) is 15.8 Å². The minimum Gasteiger partial charge on any atom is -0.358 e. The number of H-pyrrole nitrogens is 1. The van der Waals surface area contributed by atoms with Gasteiger partial charge in [0.25, 0.3) is 0 Å². The molecule has 3 aromatic rings. The summed E-state index contributed by atoms with van der Waals surface area (Å²) >= 11 is 6.16. The summed E-state index contributed by atoms with van der Waals surface area (Å²) in [6.07, 6.45) is 3.11. The molecule has 0 radical (unpaired) electrons. The first-order valence-corrected chi connectivity index (χ1v) is 8.61. The first-order chi connectivity index (χ1) is 11.5. The number of pyridine rings is 1. The van der Waals surface area contributed by atoms with E-state index in [-0.39, 0.29) is 11.2 Å². The maximum absolute atomic E-state index is 11.6. The SMILES string of the molecule is CC(=O)c1cccc(Cc2c(C3(C)CC3)[nH]c3cc(Cl)ccc23)n1. The van der Waals surface area contributed by atoms with Crippen molar-refractivity contribution in [2.24, 2.45) is 0 Å². The van der Waals surface area contributed by atoms with Crippen molar-refractivity contribution in [1.82, 2.24) is 9.97 Å². The number of benzene rings is 1. The monoisotopic (exact) mass is 338 g/mol. The van der Waals surface area contributed by atoms with Gasteiger partial charge in [0.15, 0.2) is 5.78 Å². The molecule has 2 aromatic heterocycles. The molecule has 1 aromatic carbocycles.